The Morgan fingerprint density at radius 1 is 1.13 bits per heavy atom. The van der Waals surface area contributed by atoms with Crippen LogP contribution in [0.25, 0.3) is 16.8 Å². The van der Waals surface area contributed by atoms with Crippen LogP contribution >= 0.6 is 11.3 Å². The van der Waals surface area contributed by atoms with E-state index in [1.54, 1.807) is 25.6 Å². The number of Topliss-reactive ketones (excluding diaryl/α,β-unsaturated/α-hetero) is 1. The largest absolute Gasteiger partial charge is 0.493 e. The highest BCUT2D eigenvalue weighted by atomic mass is 32.1. The van der Waals surface area contributed by atoms with Gasteiger partial charge in [0.15, 0.2) is 28.6 Å². The number of hydrogen-bond acceptors (Lipinski definition) is 7. The van der Waals surface area contributed by atoms with Gasteiger partial charge in [-0.15, -0.1) is 21.5 Å². The quantitative estimate of drug-likeness (QED) is 0.465. The van der Waals surface area contributed by atoms with Crippen molar-refractivity contribution in [2.45, 2.75) is 32.1 Å². The van der Waals surface area contributed by atoms with Crippen molar-refractivity contribution < 1.29 is 14.3 Å². The van der Waals surface area contributed by atoms with Gasteiger partial charge in [-0.3, -0.25) is 4.79 Å². The molecule has 0 saturated heterocycles. The third-order valence-corrected chi connectivity index (χ3v) is 6.83. The molecule has 3 aromatic heterocycles. The van der Waals surface area contributed by atoms with Crippen LogP contribution in [0.15, 0.2) is 35.7 Å². The molecule has 7 nitrogen and oxygen atoms in total. The zero-order valence-electron chi connectivity index (χ0n) is 17.6. The van der Waals surface area contributed by atoms with E-state index in [4.69, 9.17) is 14.6 Å². The Balaban J connectivity index is 1.69. The van der Waals surface area contributed by atoms with Gasteiger partial charge in [0.25, 0.3) is 0 Å². The van der Waals surface area contributed by atoms with Crippen molar-refractivity contribution >= 4 is 22.8 Å². The summed E-state index contributed by atoms with van der Waals surface area (Å²) in [6.45, 7) is 2.06. The fourth-order valence-corrected chi connectivity index (χ4v) is 5.11. The number of benzene rings is 1. The molecule has 31 heavy (non-hydrogen) atoms. The Kier molecular flexibility index (Phi) is 4.94. The first kappa shape index (κ1) is 19.7. The predicted octanol–water partition coefficient (Wildman–Crippen LogP) is 4.35. The molecule has 1 atom stereocenters. The summed E-state index contributed by atoms with van der Waals surface area (Å²) in [5, 5.41) is 15.7. The molecule has 1 aliphatic rings. The number of ketones is 1. The minimum absolute atomic E-state index is 0.0234. The van der Waals surface area contributed by atoms with Gasteiger partial charge in [0.05, 0.1) is 31.2 Å². The number of fused-ring (bicyclic) bond motifs is 3. The van der Waals surface area contributed by atoms with Gasteiger partial charge in [-0.2, -0.15) is 5.10 Å². The van der Waals surface area contributed by atoms with Crippen LogP contribution in [0.5, 0.6) is 11.5 Å². The van der Waals surface area contributed by atoms with Gasteiger partial charge in [-0.05, 0) is 35.6 Å². The lowest BCUT2D eigenvalue weighted by Gasteiger charge is -2.21. The van der Waals surface area contributed by atoms with E-state index in [0.29, 0.717) is 35.7 Å². The molecule has 1 aromatic carbocycles. The second-order valence-electron chi connectivity index (χ2n) is 7.52. The lowest BCUT2D eigenvalue weighted by Crippen LogP contribution is -2.23. The highest BCUT2D eigenvalue weighted by Crippen LogP contribution is 2.38. The first-order valence-electron chi connectivity index (χ1n) is 10.2. The smallest absolute Gasteiger partial charge is 0.185 e. The molecule has 0 radical (unpaired) electrons. The summed E-state index contributed by atoms with van der Waals surface area (Å²) >= 11 is 1.69. The average molecular weight is 435 g/mol. The van der Waals surface area contributed by atoms with Crippen LogP contribution in [0.3, 0.4) is 0 Å². The molecule has 0 N–H and O–H groups in total. The minimum atomic E-state index is 0.0234. The minimum Gasteiger partial charge on any atom is -0.493 e. The summed E-state index contributed by atoms with van der Waals surface area (Å²) in [5.74, 6) is 1.47. The molecule has 158 valence electrons. The molecular formula is C23H22N4O3S. The number of rotatable bonds is 5. The molecule has 0 bridgehead atoms. The maximum atomic E-state index is 12.9. The number of nitrogens with zero attached hydrogens (tertiary/aromatic N) is 4. The van der Waals surface area contributed by atoms with E-state index in [-0.39, 0.29) is 11.7 Å². The predicted molar refractivity (Wildman–Crippen MR) is 118 cm³/mol. The van der Waals surface area contributed by atoms with Crippen LogP contribution in [0, 0.1) is 0 Å². The van der Waals surface area contributed by atoms with Gasteiger partial charge in [-0.1, -0.05) is 19.1 Å². The van der Waals surface area contributed by atoms with Gasteiger partial charge in [0, 0.05) is 23.6 Å². The van der Waals surface area contributed by atoms with Gasteiger partial charge in [-0.25, -0.2) is 4.52 Å². The number of thiophene rings is 1. The Hall–Kier alpha value is -3.26. The van der Waals surface area contributed by atoms with Crippen molar-refractivity contribution in [3.8, 4) is 22.6 Å². The van der Waals surface area contributed by atoms with E-state index < -0.39 is 0 Å². The number of hydrogen-bond donors (Lipinski definition) is 0. The van der Waals surface area contributed by atoms with Gasteiger partial charge < -0.3 is 9.47 Å². The summed E-state index contributed by atoms with van der Waals surface area (Å²) in [6.07, 6.45) is 1.89. The molecule has 0 aliphatic heterocycles. The van der Waals surface area contributed by atoms with Crippen LogP contribution in [0.1, 0.15) is 46.0 Å². The zero-order valence-corrected chi connectivity index (χ0v) is 18.4. The maximum absolute atomic E-state index is 12.9. The lowest BCUT2D eigenvalue weighted by molar-refractivity contribution is 0.0956. The maximum Gasteiger partial charge on any atom is 0.185 e. The van der Waals surface area contributed by atoms with E-state index in [1.807, 2.05) is 34.2 Å². The van der Waals surface area contributed by atoms with Crippen LogP contribution < -0.4 is 9.47 Å². The molecule has 3 heterocycles. The molecule has 1 unspecified atom stereocenters. The Morgan fingerprint density at radius 3 is 2.68 bits per heavy atom. The zero-order chi connectivity index (χ0) is 21.5. The normalized spacial score (nSPS) is 15.8. The standard InChI is InChI=1S/C23H22N4O3S/c1-4-15-21(13-7-8-18(29-2)19(12-13)30-3)23-25-24-22-16(27(23)26-15)10-14(11-17(22)28)20-6-5-9-31-20/h5-9,12,14H,4,10-11H2,1-3H3. The van der Waals surface area contributed by atoms with Crippen LogP contribution in [-0.4, -0.2) is 39.8 Å². The second kappa shape index (κ2) is 7.77. The Bertz CT molecular complexity index is 1280. The first-order chi connectivity index (χ1) is 15.1. The second-order valence-corrected chi connectivity index (χ2v) is 8.50. The van der Waals surface area contributed by atoms with Crippen molar-refractivity contribution in [1.29, 1.82) is 0 Å². The third kappa shape index (κ3) is 3.18. The molecule has 8 heteroatoms. The fraction of sp³-hybridized carbons (Fsp3) is 0.304. The topological polar surface area (TPSA) is 78.6 Å². The van der Waals surface area contributed by atoms with Gasteiger partial charge >= 0.3 is 0 Å². The highest BCUT2D eigenvalue weighted by Gasteiger charge is 2.32. The summed E-state index contributed by atoms with van der Waals surface area (Å²) in [7, 11) is 3.23. The van der Waals surface area contributed by atoms with E-state index in [9.17, 15) is 4.79 Å². The van der Waals surface area contributed by atoms with Gasteiger partial charge in [0.1, 0.15) is 0 Å². The van der Waals surface area contributed by atoms with Crippen molar-refractivity contribution in [1.82, 2.24) is 19.8 Å². The molecule has 0 saturated carbocycles. The SMILES string of the molecule is CCc1nn2c3c(nnc2c1-c1ccc(OC)c(OC)c1)C(=O)CC(c1cccs1)C3. The van der Waals surface area contributed by atoms with Crippen molar-refractivity contribution in [3.63, 3.8) is 0 Å². The summed E-state index contributed by atoms with van der Waals surface area (Å²) < 4.78 is 12.7. The number of aryl methyl sites for hydroxylation is 1. The molecule has 0 fully saturated rings. The van der Waals surface area contributed by atoms with E-state index in [1.165, 1.54) is 4.88 Å². The Morgan fingerprint density at radius 2 is 1.97 bits per heavy atom. The highest BCUT2D eigenvalue weighted by molar-refractivity contribution is 7.10. The number of carbonyl (C=O) groups is 1. The third-order valence-electron chi connectivity index (χ3n) is 5.80. The van der Waals surface area contributed by atoms with Crippen molar-refractivity contribution in [2.75, 3.05) is 14.2 Å². The van der Waals surface area contributed by atoms with Crippen molar-refractivity contribution in [3.05, 3.63) is 57.7 Å². The van der Waals surface area contributed by atoms with Crippen LogP contribution in [0.4, 0.5) is 0 Å². The monoisotopic (exact) mass is 434 g/mol. The molecule has 0 amide bonds. The van der Waals surface area contributed by atoms with Crippen LogP contribution in [-0.2, 0) is 12.8 Å². The van der Waals surface area contributed by atoms with E-state index in [0.717, 1.165) is 28.9 Å². The molecule has 5 rings (SSSR count). The first-order valence-corrected chi connectivity index (χ1v) is 11.1. The van der Waals surface area contributed by atoms with Gasteiger partial charge in [0.2, 0.25) is 0 Å². The molecule has 1 aliphatic carbocycles. The van der Waals surface area contributed by atoms with Crippen molar-refractivity contribution in [2.24, 2.45) is 0 Å². The lowest BCUT2D eigenvalue weighted by atomic mass is 9.87. The Labute approximate surface area is 183 Å². The van der Waals surface area contributed by atoms with Crippen LogP contribution in [0.2, 0.25) is 0 Å². The summed E-state index contributed by atoms with van der Waals surface area (Å²) in [5.41, 5.74) is 4.66. The van der Waals surface area contributed by atoms with E-state index >= 15 is 0 Å². The fourth-order valence-electron chi connectivity index (χ4n) is 4.27. The molecular weight excluding hydrogens is 412 g/mol. The number of aromatic nitrogens is 4. The summed E-state index contributed by atoms with van der Waals surface area (Å²) in [6, 6.07) is 9.89. The molecule has 0 spiro atoms. The van der Waals surface area contributed by atoms with E-state index in [2.05, 4.69) is 23.2 Å². The number of methoxy groups -OCH3 is 2. The number of carbonyl (C=O) groups excluding carboxylic acids is 1. The molecule has 4 aromatic rings. The average Bonchev–Trinajstić information content (AvgIpc) is 3.46. The number of ether oxygens (including phenoxy) is 2. The summed E-state index contributed by atoms with van der Waals surface area (Å²) in [4.78, 5) is 14.1.